The van der Waals surface area contributed by atoms with Crippen LogP contribution in [-0.2, 0) is 16.1 Å². The molecule has 1 aromatic heterocycles. The van der Waals surface area contributed by atoms with Crippen LogP contribution >= 0.6 is 68.1 Å². The average molecular weight is 855 g/mol. The Balaban J connectivity index is 1.68. The normalized spacial score (nSPS) is 14.8. The maximum Gasteiger partial charge on any atom is 0.338 e. The van der Waals surface area contributed by atoms with Crippen molar-refractivity contribution in [2.45, 2.75) is 46.4 Å². The minimum Gasteiger partial charge on any atom is -0.491 e. The van der Waals surface area contributed by atoms with Gasteiger partial charge < -0.3 is 14.2 Å². The zero-order valence-corrected chi connectivity index (χ0v) is 30.3. The van der Waals surface area contributed by atoms with Crippen LogP contribution in [0.2, 0.25) is 5.02 Å². The summed E-state index contributed by atoms with van der Waals surface area (Å²) >= 11 is 12.0. The Morgan fingerprint density at radius 1 is 1.14 bits per heavy atom. The van der Waals surface area contributed by atoms with Crippen molar-refractivity contribution < 1.29 is 19.0 Å². The Kier molecular flexibility index (Phi) is 10.5. The van der Waals surface area contributed by atoms with E-state index in [-0.39, 0.29) is 18.3 Å². The second kappa shape index (κ2) is 14.2. The van der Waals surface area contributed by atoms with Crippen molar-refractivity contribution in [3.05, 3.63) is 120 Å². The monoisotopic (exact) mass is 854 g/mol. The molecule has 0 radical (unpaired) electrons. The molecule has 0 spiro atoms. The van der Waals surface area contributed by atoms with E-state index in [0.717, 1.165) is 18.3 Å². The second-order valence-corrected chi connectivity index (χ2v) is 14.1. The zero-order valence-electron chi connectivity index (χ0n) is 24.4. The lowest BCUT2D eigenvalue weighted by atomic mass is 9.95. The molecule has 0 N–H and O–H groups in total. The minimum atomic E-state index is -0.781. The summed E-state index contributed by atoms with van der Waals surface area (Å²) in [5.74, 6) is 0.728. The van der Waals surface area contributed by atoms with E-state index in [1.807, 2.05) is 80.6 Å². The summed E-state index contributed by atoms with van der Waals surface area (Å²) in [6.07, 6.45) is 1.72. The molecule has 4 aromatic rings. The van der Waals surface area contributed by atoms with E-state index in [9.17, 15) is 9.59 Å². The lowest BCUT2D eigenvalue weighted by molar-refractivity contribution is -0.139. The molecule has 7 nitrogen and oxygen atoms in total. The van der Waals surface area contributed by atoms with E-state index < -0.39 is 12.0 Å². The molecule has 2 heterocycles. The van der Waals surface area contributed by atoms with Crippen molar-refractivity contribution in [3.63, 3.8) is 0 Å². The van der Waals surface area contributed by atoms with Crippen molar-refractivity contribution in [2.24, 2.45) is 4.99 Å². The van der Waals surface area contributed by atoms with E-state index in [0.29, 0.717) is 49.3 Å². The fraction of sp³-hybridized carbons (Fsp3) is 0.242. The van der Waals surface area contributed by atoms with Crippen LogP contribution in [0.4, 0.5) is 0 Å². The van der Waals surface area contributed by atoms with Crippen LogP contribution in [0, 0.1) is 7.14 Å². The number of esters is 1. The molecule has 0 aliphatic carbocycles. The zero-order chi connectivity index (χ0) is 31.5. The Bertz CT molecular complexity index is 1950. The first-order valence-corrected chi connectivity index (χ1v) is 17.2. The fourth-order valence-electron chi connectivity index (χ4n) is 4.92. The third-order valence-electron chi connectivity index (χ3n) is 6.69. The van der Waals surface area contributed by atoms with Gasteiger partial charge in [0.25, 0.3) is 5.56 Å². The summed E-state index contributed by atoms with van der Waals surface area (Å²) in [5.41, 5.74) is 2.90. The molecule has 0 bridgehead atoms. The van der Waals surface area contributed by atoms with Gasteiger partial charge in [0.05, 0.1) is 32.1 Å². The standard InChI is InChI=1S/C33H29ClI2N2O5S/c1-5-41-32(40)28-19(4)37-33-38(29(28)24-11-6-7-12-26(24)43-18(2)3)31(39)27(44-33)15-21-14-23(35)16-25(36)30(21)42-17-20-9-8-10-22(34)13-20/h6-16,18,29H,5,17H2,1-4H3/b27-15-/t29-/m0/s1. The summed E-state index contributed by atoms with van der Waals surface area (Å²) in [6, 6.07) is 18.2. The predicted octanol–water partition coefficient (Wildman–Crippen LogP) is 7.03. The highest BCUT2D eigenvalue weighted by molar-refractivity contribution is 14.1. The molecule has 3 aromatic carbocycles. The summed E-state index contributed by atoms with van der Waals surface area (Å²) in [4.78, 5) is 32.8. The lowest BCUT2D eigenvalue weighted by Gasteiger charge is -2.26. The second-order valence-electron chi connectivity index (χ2n) is 10.2. The molecular weight excluding hydrogens is 826 g/mol. The number of nitrogens with zero attached hydrogens (tertiary/aromatic N) is 2. The number of hydrogen-bond donors (Lipinski definition) is 0. The maximum atomic E-state index is 14.3. The number of carbonyl (C=O) groups excluding carboxylic acids is 1. The van der Waals surface area contributed by atoms with E-state index in [4.69, 9.17) is 30.8 Å². The third-order valence-corrected chi connectivity index (χ3v) is 9.33. The molecule has 0 saturated carbocycles. The van der Waals surface area contributed by atoms with Gasteiger partial charge in [-0.2, -0.15) is 0 Å². The number of hydrogen-bond acceptors (Lipinski definition) is 7. The Morgan fingerprint density at radius 3 is 2.64 bits per heavy atom. The number of allylic oxidation sites excluding steroid dienone is 1. The van der Waals surface area contributed by atoms with Gasteiger partial charge in [0.15, 0.2) is 4.80 Å². The van der Waals surface area contributed by atoms with Crippen molar-refractivity contribution in [2.75, 3.05) is 6.61 Å². The van der Waals surface area contributed by atoms with Crippen LogP contribution < -0.4 is 24.4 Å². The third kappa shape index (κ3) is 7.08. The number of fused-ring (bicyclic) bond motifs is 1. The Hall–Kier alpha value is -2.68. The Labute approximate surface area is 291 Å². The number of thiazole rings is 1. The largest absolute Gasteiger partial charge is 0.491 e. The lowest BCUT2D eigenvalue weighted by Crippen LogP contribution is -2.40. The smallest absolute Gasteiger partial charge is 0.338 e. The number of para-hydroxylation sites is 1. The first-order valence-electron chi connectivity index (χ1n) is 13.9. The SMILES string of the molecule is CCOC(=O)C1=C(C)N=c2s/c(=C\c3cc(I)cc(I)c3OCc3cccc(Cl)c3)c(=O)n2[C@H]1c1ccccc1OC(C)C. The number of aromatic nitrogens is 1. The van der Waals surface area contributed by atoms with Crippen molar-refractivity contribution in [1.82, 2.24) is 4.57 Å². The van der Waals surface area contributed by atoms with Crippen LogP contribution in [-0.4, -0.2) is 23.2 Å². The topological polar surface area (TPSA) is 79.1 Å². The van der Waals surface area contributed by atoms with E-state index in [2.05, 4.69) is 45.2 Å². The molecule has 0 amide bonds. The maximum absolute atomic E-state index is 14.3. The van der Waals surface area contributed by atoms with Crippen molar-refractivity contribution in [1.29, 1.82) is 0 Å². The van der Waals surface area contributed by atoms with E-state index in [1.165, 1.54) is 11.3 Å². The highest BCUT2D eigenvalue weighted by Crippen LogP contribution is 2.36. The molecule has 5 rings (SSSR count). The van der Waals surface area contributed by atoms with Gasteiger partial charge in [0, 0.05) is 19.7 Å². The number of benzene rings is 3. The molecule has 0 saturated heterocycles. The summed E-state index contributed by atoms with van der Waals surface area (Å²) in [6.45, 7) is 7.90. The van der Waals surface area contributed by atoms with E-state index in [1.54, 1.807) is 18.4 Å². The number of ether oxygens (including phenoxy) is 3. The number of halogens is 3. The average Bonchev–Trinajstić information content (AvgIpc) is 3.26. The van der Waals surface area contributed by atoms with Crippen LogP contribution in [0.3, 0.4) is 0 Å². The number of rotatable bonds is 9. The quantitative estimate of drug-likeness (QED) is 0.134. The fourth-order valence-corrected chi connectivity index (χ4v) is 8.21. The van der Waals surface area contributed by atoms with Crippen LogP contribution in [0.25, 0.3) is 6.08 Å². The van der Waals surface area contributed by atoms with Gasteiger partial charge in [-0.05, 0) is 115 Å². The van der Waals surface area contributed by atoms with Gasteiger partial charge >= 0.3 is 5.97 Å². The Morgan fingerprint density at radius 2 is 1.91 bits per heavy atom. The highest BCUT2D eigenvalue weighted by atomic mass is 127. The summed E-state index contributed by atoms with van der Waals surface area (Å²) in [7, 11) is 0. The van der Waals surface area contributed by atoms with Crippen LogP contribution in [0.1, 0.15) is 50.4 Å². The van der Waals surface area contributed by atoms with Crippen LogP contribution in [0.15, 0.2) is 81.7 Å². The summed E-state index contributed by atoms with van der Waals surface area (Å²) in [5, 5.41) is 0.636. The molecule has 228 valence electrons. The molecule has 0 fully saturated rings. The molecule has 11 heteroatoms. The van der Waals surface area contributed by atoms with Crippen molar-refractivity contribution >= 4 is 80.2 Å². The first kappa shape index (κ1) is 32.7. The molecule has 44 heavy (non-hydrogen) atoms. The molecule has 1 aliphatic heterocycles. The minimum absolute atomic E-state index is 0.114. The molecule has 1 aliphatic rings. The van der Waals surface area contributed by atoms with Gasteiger partial charge in [-0.25, -0.2) is 9.79 Å². The summed E-state index contributed by atoms with van der Waals surface area (Å²) < 4.78 is 21.8. The van der Waals surface area contributed by atoms with Crippen molar-refractivity contribution in [3.8, 4) is 11.5 Å². The number of carbonyl (C=O) groups is 1. The highest BCUT2D eigenvalue weighted by Gasteiger charge is 2.35. The molecule has 0 unspecified atom stereocenters. The van der Waals surface area contributed by atoms with Gasteiger partial charge in [0.2, 0.25) is 0 Å². The van der Waals surface area contributed by atoms with Crippen LogP contribution in [0.5, 0.6) is 11.5 Å². The van der Waals surface area contributed by atoms with Gasteiger partial charge in [-0.3, -0.25) is 9.36 Å². The molecular formula is C33H29ClI2N2O5S. The first-order chi connectivity index (χ1) is 21.1. The van der Waals surface area contributed by atoms with Gasteiger partial charge in [-0.15, -0.1) is 0 Å². The van der Waals surface area contributed by atoms with Gasteiger partial charge in [0.1, 0.15) is 24.1 Å². The van der Waals surface area contributed by atoms with Gasteiger partial charge in [-0.1, -0.05) is 53.3 Å². The predicted molar refractivity (Wildman–Crippen MR) is 190 cm³/mol. The molecule has 1 atom stereocenters. The van der Waals surface area contributed by atoms with E-state index >= 15 is 0 Å².